The number of fused-ring (bicyclic) bond motifs is 1. The molecule has 0 amide bonds. The van der Waals surface area contributed by atoms with Crippen LogP contribution in [0.25, 0.3) is 0 Å². The van der Waals surface area contributed by atoms with Crippen molar-refractivity contribution in [3.05, 3.63) is 23.3 Å². The SMILES string of the molecule is CC(N)c1ncnc2c1COCC2. The molecular formula is C9H13N3O. The molecule has 1 atom stereocenters. The van der Waals surface area contributed by atoms with Gasteiger partial charge in [0, 0.05) is 18.0 Å². The highest BCUT2D eigenvalue weighted by Crippen LogP contribution is 2.20. The summed E-state index contributed by atoms with van der Waals surface area (Å²) in [5.74, 6) is 0. The topological polar surface area (TPSA) is 61.0 Å². The van der Waals surface area contributed by atoms with Gasteiger partial charge >= 0.3 is 0 Å². The maximum absolute atomic E-state index is 5.79. The molecule has 0 saturated carbocycles. The molecule has 4 nitrogen and oxygen atoms in total. The zero-order chi connectivity index (χ0) is 9.26. The molecule has 1 aliphatic heterocycles. The average molecular weight is 179 g/mol. The first-order valence-electron chi connectivity index (χ1n) is 4.45. The summed E-state index contributed by atoms with van der Waals surface area (Å²) in [4.78, 5) is 8.39. The lowest BCUT2D eigenvalue weighted by molar-refractivity contribution is 0.107. The molecule has 0 bridgehead atoms. The molecule has 70 valence electrons. The minimum Gasteiger partial charge on any atom is -0.376 e. The molecule has 0 aromatic carbocycles. The van der Waals surface area contributed by atoms with Gasteiger partial charge < -0.3 is 10.5 Å². The Hall–Kier alpha value is -1.00. The van der Waals surface area contributed by atoms with E-state index in [0.717, 1.165) is 30.0 Å². The average Bonchev–Trinajstić information content (AvgIpc) is 2.17. The molecule has 2 rings (SSSR count). The van der Waals surface area contributed by atoms with Crippen LogP contribution in [0.3, 0.4) is 0 Å². The summed E-state index contributed by atoms with van der Waals surface area (Å²) in [7, 11) is 0. The van der Waals surface area contributed by atoms with E-state index in [-0.39, 0.29) is 6.04 Å². The number of hydrogen-bond acceptors (Lipinski definition) is 4. The van der Waals surface area contributed by atoms with Gasteiger partial charge in [0.2, 0.25) is 0 Å². The Bertz CT molecular complexity index is 312. The predicted molar refractivity (Wildman–Crippen MR) is 48.0 cm³/mol. The Kier molecular flexibility index (Phi) is 2.24. The van der Waals surface area contributed by atoms with E-state index in [0.29, 0.717) is 6.61 Å². The third-order valence-electron chi connectivity index (χ3n) is 2.23. The maximum atomic E-state index is 5.79. The molecule has 2 N–H and O–H groups in total. The van der Waals surface area contributed by atoms with Gasteiger partial charge in [-0.15, -0.1) is 0 Å². The van der Waals surface area contributed by atoms with Crippen LogP contribution < -0.4 is 5.73 Å². The quantitative estimate of drug-likeness (QED) is 0.684. The third-order valence-corrected chi connectivity index (χ3v) is 2.23. The van der Waals surface area contributed by atoms with Gasteiger partial charge in [-0.3, -0.25) is 0 Å². The van der Waals surface area contributed by atoms with E-state index in [1.165, 1.54) is 0 Å². The van der Waals surface area contributed by atoms with E-state index < -0.39 is 0 Å². The lowest BCUT2D eigenvalue weighted by Gasteiger charge is -2.19. The largest absolute Gasteiger partial charge is 0.376 e. The van der Waals surface area contributed by atoms with Gasteiger partial charge in [-0.05, 0) is 6.92 Å². The van der Waals surface area contributed by atoms with Crippen LogP contribution in [0, 0.1) is 0 Å². The molecule has 2 heterocycles. The van der Waals surface area contributed by atoms with Gasteiger partial charge in [0.25, 0.3) is 0 Å². The number of rotatable bonds is 1. The lowest BCUT2D eigenvalue weighted by atomic mass is 10.0. The Balaban J connectivity index is 2.46. The standard InChI is InChI=1S/C9H13N3O/c1-6(10)9-7-4-13-3-2-8(7)11-5-12-9/h5-6H,2-4,10H2,1H3. The van der Waals surface area contributed by atoms with Crippen LogP contribution in [-0.2, 0) is 17.8 Å². The summed E-state index contributed by atoms with van der Waals surface area (Å²) >= 11 is 0. The number of nitrogens with zero attached hydrogens (tertiary/aromatic N) is 2. The predicted octanol–water partition coefficient (Wildman–Crippen LogP) is 0.569. The Morgan fingerprint density at radius 2 is 2.38 bits per heavy atom. The van der Waals surface area contributed by atoms with Gasteiger partial charge in [0.05, 0.1) is 24.6 Å². The second kappa shape index (κ2) is 3.40. The van der Waals surface area contributed by atoms with Crippen LogP contribution in [0.4, 0.5) is 0 Å². The molecule has 13 heavy (non-hydrogen) atoms. The fraction of sp³-hybridized carbons (Fsp3) is 0.556. The molecule has 1 aromatic heterocycles. The molecule has 4 heteroatoms. The fourth-order valence-electron chi connectivity index (χ4n) is 1.57. The molecule has 0 radical (unpaired) electrons. The fourth-order valence-corrected chi connectivity index (χ4v) is 1.57. The smallest absolute Gasteiger partial charge is 0.116 e. The van der Waals surface area contributed by atoms with Crippen LogP contribution in [-0.4, -0.2) is 16.6 Å². The van der Waals surface area contributed by atoms with Gasteiger partial charge in [-0.1, -0.05) is 0 Å². The molecule has 0 saturated heterocycles. The number of nitrogens with two attached hydrogens (primary N) is 1. The number of aromatic nitrogens is 2. The zero-order valence-electron chi connectivity index (χ0n) is 7.66. The van der Waals surface area contributed by atoms with E-state index >= 15 is 0 Å². The second-order valence-corrected chi connectivity index (χ2v) is 3.28. The molecule has 0 aliphatic carbocycles. The van der Waals surface area contributed by atoms with Crippen molar-refractivity contribution in [3.63, 3.8) is 0 Å². The lowest BCUT2D eigenvalue weighted by Crippen LogP contribution is -2.19. The van der Waals surface area contributed by atoms with Crippen molar-refractivity contribution < 1.29 is 4.74 Å². The Labute approximate surface area is 77.1 Å². The summed E-state index contributed by atoms with van der Waals surface area (Å²) in [6.45, 7) is 3.28. The number of ether oxygens (including phenoxy) is 1. The normalized spacial score (nSPS) is 18.0. The van der Waals surface area contributed by atoms with E-state index in [1.807, 2.05) is 6.92 Å². The van der Waals surface area contributed by atoms with Crippen molar-refractivity contribution in [2.45, 2.75) is 26.0 Å². The van der Waals surface area contributed by atoms with Crippen LogP contribution in [0.2, 0.25) is 0 Å². The summed E-state index contributed by atoms with van der Waals surface area (Å²) < 4.78 is 5.35. The Morgan fingerprint density at radius 3 is 3.15 bits per heavy atom. The molecule has 1 aliphatic rings. The van der Waals surface area contributed by atoms with Gasteiger partial charge in [-0.2, -0.15) is 0 Å². The van der Waals surface area contributed by atoms with Crippen LogP contribution in [0.1, 0.15) is 29.9 Å². The molecule has 1 unspecified atom stereocenters. The van der Waals surface area contributed by atoms with E-state index in [4.69, 9.17) is 10.5 Å². The van der Waals surface area contributed by atoms with Gasteiger partial charge in [0.1, 0.15) is 6.33 Å². The third kappa shape index (κ3) is 1.55. The monoisotopic (exact) mass is 179 g/mol. The summed E-state index contributed by atoms with van der Waals surface area (Å²) in [5.41, 5.74) is 8.89. The van der Waals surface area contributed by atoms with Crippen molar-refractivity contribution in [1.29, 1.82) is 0 Å². The van der Waals surface area contributed by atoms with Crippen molar-refractivity contribution >= 4 is 0 Å². The first-order chi connectivity index (χ1) is 6.29. The first-order valence-corrected chi connectivity index (χ1v) is 4.45. The highest BCUT2D eigenvalue weighted by molar-refractivity contribution is 5.27. The van der Waals surface area contributed by atoms with Crippen molar-refractivity contribution in [2.75, 3.05) is 6.61 Å². The van der Waals surface area contributed by atoms with E-state index in [1.54, 1.807) is 6.33 Å². The molecular weight excluding hydrogens is 166 g/mol. The van der Waals surface area contributed by atoms with Crippen LogP contribution in [0.5, 0.6) is 0 Å². The van der Waals surface area contributed by atoms with Crippen molar-refractivity contribution in [1.82, 2.24) is 9.97 Å². The highest BCUT2D eigenvalue weighted by Gasteiger charge is 2.17. The minimum atomic E-state index is -0.0431. The molecule has 0 fully saturated rings. The highest BCUT2D eigenvalue weighted by atomic mass is 16.5. The van der Waals surface area contributed by atoms with Crippen molar-refractivity contribution in [3.8, 4) is 0 Å². The van der Waals surface area contributed by atoms with E-state index in [2.05, 4.69) is 9.97 Å². The van der Waals surface area contributed by atoms with Gasteiger partial charge in [0.15, 0.2) is 0 Å². The molecule has 1 aromatic rings. The van der Waals surface area contributed by atoms with Crippen molar-refractivity contribution in [2.24, 2.45) is 5.73 Å². The van der Waals surface area contributed by atoms with E-state index in [9.17, 15) is 0 Å². The first kappa shape index (κ1) is 8.59. The minimum absolute atomic E-state index is 0.0431. The molecule has 0 spiro atoms. The van der Waals surface area contributed by atoms with Gasteiger partial charge in [-0.25, -0.2) is 9.97 Å². The summed E-state index contributed by atoms with van der Waals surface area (Å²) in [6, 6.07) is -0.0431. The zero-order valence-corrected chi connectivity index (χ0v) is 7.66. The summed E-state index contributed by atoms with van der Waals surface area (Å²) in [6.07, 6.45) is 2.46. The number of hydrogen-bond donors (Lipinski definition) is 1. The second-order valence-electron chi connectivity index (χ2n) is 3.28. The van der Waals surface area contributed by atoms with Crippen LogP contribution >= 0.6 is 0 Å². The summed E-state index contributed by atoms with van der Waals surface area (Å²) in [5, 5.41) is 0. The maximum Gasteiger partial charge on any atom is 0.116 e. The van der Waals surface area contributed by atoms with Crippen LogP contribution in [0.15, 0.2) is 6.33 Å². The Morgan fingerprint density at radius 1 is 1.54 bits per heavy atom.